The molecule has 1 aromatic carbocycles. The number of amides is 2. The fourth-order valence-corrected chi connectivity index (χ4v) is 2.59. The topological polar surface area (TPSA) is 142 Å². The van der Waals surface area contributed by atoms with Crippen molar-refractivity contribution in [3.05, 3.63) is 23.8 Å². The molecule has 9 nitrogen and oxygen atoms in total. The monoisotopic (exact) mass is 371 g/mol. The summed E-state index contributed by atoms with van der Waals surface area (Å²) in [5.41, 5.74) is 0.397. The molecule has 0 radical (unpaired) electrons. The van der Waals surface area contributed by atoms with Gasteiger partial charge in [-0.3, -0.25) is 19.1 Å². The second-order valence-electron chi connectivity index (χ2n) is 5.62. The number of carbonyl (C=O) groups is 3. The highest BCUT2D eigenvalue weighted by molar-refractivity contribution is 7.92. The molecule has 25 heavy (non-hydrogen) atoms. The first-order chi connectivity index (χ1) is 11.5. The number of carboxylic acids is 1. The van der Waals surface area contributed by atoms with Crippen LogP contribution >= 0.6 is 0 Å². The predicted octanol–water partition coefficient (Wildman–Crippen LogP) is 1.000. The molecule has 0 aliphatic heterocycles. The molecule has 1 aromatic rings. The minimum absolute atomic E-state index is 0.0128. The van der Waals surface area contributed by atoms with Gasteiger partial charge in [-0.25, -0.2) is 8.42 Å². The molecular weight excluding hydrogens is 350 g/mol. The zero-order valence-corrected chi connectivity index (χ0v) is 14.9. The van der Waals surface area contributed by atoms with Gasteiger partial charge in [0, 0.05) is 25.1 Å². The Hall–Kier alpha value is -2.62. The van der Waals surface area contributed by atoms with E-state index >= 15 is 0 Å². The second-order valence-corrected chi connectivity index (χ2v) is 7.37. The molecule has 0 saturated carbocycles. The third-order valence-electron chi connectivity index (χ3n) is 3.05. The number of aliphatic carboxylic acids is 1. The van der Waals surface area contributed by atoms with Crippen LogP contribution in [0.15, 0.2) is 18.2 Å². The molecule has 1 unspecified atom stereocenters. The molecule has 0 aliphatic rings. The van der Waals surface area contributed by atoms with Crippen molar-refractivity contribution >= 4 is 39.2 Å². The molecule has 2 amide bonds. The van der Waals surface area contributed by atoms with Gasteiger partial charge in [0.25, 0.3) is 5.91 Å². The Morgan fingerprint density at radius 3 is 2.40 bits per heavy atom. The van der Waals surface area contributed by atoms with Gasteiger partial charge in [0.05, 0.1) is 17.5 Å². The first-order valence-electron chi connectivity index (χ1n) is 7.40. The van der Waals surface area contributed by atoms with Gasteiger partial charge in [-0.2, -0.15) is 0 Å². The number of carbonyl (C=O) groups excluding carboxylic acids is 2. The second kappa shape index (κ2) is 8.47. The maximum Gasteiger partial charge on any atom is 0.303 e. The van der Waals surface area contributed by atoms with E-state index in [0.717, 1.165) is 6.26 Å². The van der Waals surface area contributed by atoms with Crippen LogP contribution < -0.4 is 15.4 Å². The molecule has 138 valence electrons. The van der Waals surface area contributed by atoms with E-state index in [2.05, 4.69) is 15.4 Å². The van der Waals surface area contributed by atoms with Gasteiger partial charge in [0.1, 0.15) is 0 Å². The summed E-state index contributed by atoms with van der Waals surface area (Å²) >= 11 is 0. The van der Waals surface area contributed by atoms with Crippen LogP contribution in [0.1, 0.15) is 37.0 Å². The Bertz CT molecular complexity index is 775. The normalized spacial score (nSPS) is 12.1. The standard InChI is InChI=1S/C15H21N3O6S/c1-9(4-7-14(20)21)16-15(22)12-8-11(17-10(2)19)5-6-13(12)18-25(3,23)24/h5-6,8-9,18H,4,7H2,1-3H3,(H,16,22)(H,17,19)(H,20,21). The summed E-state index contributed by atoms with van der Waals surface area (Å²) < 4.78 is 25.2. The van der Waals surface area contributed by atoms with E-state index in [-0.39, 0.29) is 30.0 Å². The number of sulfonamides is 1. The van der Waals surface area contributed by atoms with Crippen molar-refractivity contribution in [2.24, 2.45) is 0 Å². The van der Waals surface area contributed by atoms with Crippen molar-refractivity contribution in [3.63, 3.8) is 0 Å². The van der Waals surface area contributed by atoms with Gasteiger partial charge in [-0.15, -0.1) is 0 Å². The van der Waals surface area contributed by atoms with Crippen LogP contribution in [-0.4, -0.2) is 43.6 Å². The van der Waals surface area contributed by atoms with Crippen molar-refractivity contribution in [1.82, 2.24) is 5.32 Å². The molecule has 1 rings (SSSR count). The summed E-state index contributed by atoms with van der Waals surface area (Å²) in [6.07, 6.45) is 1.06. The van der Waals surface area contributed by atoms with Crippen LogP contribution in [0.2, 0.25) is 0 Å². The largest absolute Gasteiger partial charge is 0.481 e. The molecule has 10 heteroatoms. The highest BCUT2D eigenvalue weighted by Crippen LogP contribution is 2.22. The van der Waals surface area contributed by atoms with Crippen molar-refractivity contribution in [2.45, 2.75) is 32.7 Å². The fourth-order valence-electron chi connectivity index (χ4n) is 2.02. The molecule has 0 aromatic heterocycles. The summed E-state index contributed by atoms with van der Waals surface area (Å²) in [7, 11) is -3.61. The van der Waals surface area contributed by atoms with Crippen LogP contribution in [0.4, 0.5) is 11.4 Å². The van der Waals surface area contributed by atoms with Crippen molar-refractivity contribution in [3.8, 4) is 0 Å². The van der Waals surface area contributed by atoms with Crippen molar-refractivity contribution in [2.75, 3.05) is 16.3 Å². The minimum atomic E-state index is -3.61. The molecule has 0 spiro atoms. The number of carboxylic acid groups (broad SMARTS) is 1. The van der Waals surface area contributed by atoms with E-state index < -0.39 is 27.9 Å². The van der Waals surface area contributed by atoms with E-state index in [4.69, 9.17) is 5.11 Å². The first kappa shape index (κ1) is 20.4. The molecule has 0 heterocycles. The molecule has 0 fully saturated rings. The van der Waals surface area contributed by atoms with Crippen LogP contribution in [0.5, 0.6) is 0 Å². The Morgan fingerprint density at radius 2 is 1.88 bits per heavy atom. The van der Waals surface area contributed by atoms with E-state index in [1.165, 1.54) is 25.1 Å². The quantitative estimate of drug-likeness (QED) is 0.537. The summed E-state index contributed by atoms with van der Waals surface area (Å²) in [6, 6.07) is 3.73. The summed E-state index contributed by atoms with van der Waals surface area (Å²) in [4.78, 5) is 34.2. The maximum atomic E-state index is 12.4. The third kappa shape index (κ3) is 7.66. The van der Waals surface area contributed by atoms with E-state index in [1.54, 1.807) is 6.92 Å². The minimum Gasteiger partial charge on any atom is -0.481 e. The third-order valence-corrected chi connectivity index (χ3v) is 3.64. The van der Waals surface area contributed by atoms with E-state index in [1.807, 2.05) is 0 Å². The van der Waals surface area contributed by atoms with Gasteiger partial charge in [-0.1, -0.05) is 0 Å². The number of benzene rings is 1. The van der Waals surface area contributed by atoms with Gasteiger partial charge in [-0.05, 0) is 31.5 Å². The Morgan fingerprint density at radius 1 is 1.24 bits per heavy atom. The smallest absolute Gasteiger partial charge is 0.303 e. The first-order valence-corrected chi connectivity index (χ1v) is 9.29. The molecule has 0 saturated heterocycles. The SMILES string of the molecule is CC(=O)Nc1ccc(NS(C)(=O)=O)c(C(=O)NC(C)CCC(=O)O)c1. The zero-order chi connectivity index (χ0) is 19.2. The van der Waals surface area contributed by atoms with Gasteiger partial charge in [0.15, 0.2) is 0 Å². The lowest BCUT2D eigenvalue weighted by molar-refractivity contribution is -0.137. The summed E-state index contributed by atoms with van der Waals surface area (Å²) in [5.74, 6) is -1.91. The molecule has 1 atom stereocenters. The average Bonchev–Trinajstić information content (AvgIpc) is 2.44. The van der Waals surface area contributed by atoms with Crippen molar-refractivity contribution in [1.29, 1.82) is 0 Å². The van der Waals surface area contributed by atoms with E-state index in [0.29, 0.717) is 5.69 Å². The average molecular weight is 371 g/mol. The molecular formula is C15H21N3O6S. The molecule has 4 N–H and O–H groups in total. The summed E-state index contributed by atoms with van der Waals surface area (Å²) in [5, 5.41) is 13.8. The fraction of sp³-hybridized carbons (Fsp3) is 0.400. The zero-order valence-electron chi connectivity index (χ0n) is 14.1. The lowest BCUT2D eigenvalue weighted by atomic mass is 10.1. The number of hydrogen-bond donors (Lipinski definition) is 4. The lowest BCUT2D eigenvalue weighted by Crippen LogP contribution is -2.33. The number of rotatable bonds is 8. The molecule has 0 aliphatic carbocycles. The van der Waals surface area contributed by atoms with Gasteiger partial charge in [0.2, 0.25) is 15.9 Å². The Kier molecular flexibility index (Phi) is 6.92. The van der Waals surface area contributed by atoms with E-state index in [9.17, 15) is 22.8 Å². The summed E-state index contributed by atoms with van der Waals surface area (Å²) in [6.45, 7) is 2.94. The Labute approximate surface area is 145 Å². The van der Waals surface area contributed by atoms with Crippen LogP contribution in [0.25, 0.3) is 0 Å². The number of anilines is 2. The predicted molar refractivity (Wildman–Crippen MR) is 93.0 cm³/mol. The van der Waals surface area contributed by atoms with Gasteiger partial charge < -0.3 is 15.7 Å². The number of hydrogen-bond acceptors (Lipinski definition) is 5. The maximum absolute atomic E-state index is 12.4. The molecule has 0 bridgehead atoms. The lowest BCUT2D eigenvalue weighted by Gasteiger charge is -2.16. The van der Waals surface area contributed by atoms with Gasteiger partial charge >= 0.3 is 5.97 Å². The van der Waals surface area contributed by atoms with Crippen molar-refractivity contribution < 1.29 is 27.9 Å². The number of nitrogens with one attached hydrogen (secondary N) is 3. The Balaban J connectivity index is 3.07. The van der Waals surface area contributed by atoms with Crippen LogP contribution in [-0.2, 0) is 19.6 Å². The van der Waals surface area contributed by atoms with Crippen LogP contribution in [0.3, 0.4) is 0 Å². The highest BCUT2D eigenvalue weighted by atomic mass is 32.2. The highest BCUT2D eigenvalue weighted by Gasteiger charge is 2.17. The van der Waals surface area contributed by atoms with Crippen LogP contribution in [0, 0.1) is 0 Å².